The maximum Gasteiger partial charge on any atom is 0.329 e. The number of hydrogen-bond donors (Lipinski definition) is 3. The van der Waals surface area contributed by atoms with Gasteiger partial charge in [0.25, 0.3) is 11.8 Å². The van der Waals surface area contributed by atoms with Crippen molar-refractivity contribution >= 4 is 57.0 Å². The van der Waals surface area contributed by atoms with Crippen LogP contribution < -0.4 is 10.6 Å². The number of aromatic nitrogens is 1. The second kappa shape index (κ2) is 11.1. The summed E-state index contributed by atoms with van der Waals surface area (Å²) < 4.78 is 19.4. The SMILES string of the molecule is O=C(COC(=O)C(Cc1c[nH]c2ccccc12)NC(=O)c1ccc(F)cc1)Nc1cccc(I)c1. The molecule has 35 heavy (non-hydrogen) atoms. The van der Waals surface area contributed by atoms with Crippen molar-refractivity contribution in [2.75, 3.05) is 11.9 Å². The molecule has 2 amide bonds. The number of ether oxygens (including phenoxy) is 1. The summed E-state index contributed by atoms with van der Waals surface area (Å²) in [5.74, 6) is -2.30. The number of anilines is 1. The first-order valence-electron chi connectivity index (χ1n) is 10.7. The molecule has 0 saturated heterocycles. The number of para-hydroxylation sites is 1. The van der Waals surface area contributed by atoms with Crippen LogP contribution in [-0.2, 0) is 20.7 Å². The van der Waals surface area contributed by atoms with Crippen molar-refractivity contribution in [1.82, 2.24) is 10.3 Å². The average Bonchev–Trinajstić information content (AvgIpc) is 3.25. The minimum atomic E-state index is -1.07. The maximum absolute atomic E-state index is 13.2. The molecular weight excluding hydrogens is 564 g/mol. The predicted molar refractivity (Wildman–Crippen MR) is 138 cm³/mol. The van der Waals surface area contributed by atoms with Crippen LogP contribution in [0.5, 0.6) is 0 Å². The number of hydrogen-bond acceptors (Lipinski definition) is 4. The van der Waals surface area contributed by atoms with Gasteiger partial charge in [0.1, 0.15) is 11.9 Å². The van der Waals surface area contributed by atoms with Crippen molar-refractivity contribution < 1.29 is 23.5 Å². The van der Waals surface area contributed by atoms with Crippen LogP contribution in [-0.4, -0.2) is 35.4 Å². The molecule has 0 spiro atoms. The number of carbonyl (C=O) groups excluding carboxylic acids is 3. The third-order valence-electron chi connectivity index (χ3n) is 5.25. The highest BCUT2D eigenvalue weighted by Gasteiger charge is 2.25. The molecule has 0 aliphatic carbocycles. The quantitative estimate of drug-likeness (QED) is 0.211. The van der Waals surface area contributed by atoms with Gasteiger partial charge in [-0.1, -0.05) is 24.3 Å². The van der Waals surface area contributed by atoms with Gasteiger partial charge in [0.15, 0.2) is 6.61 Å². The Kier molecular flexibility index (Phi) is 7.76. The summed E-state index contributed by atoms with van der Waals surface area (Å²) in [5, 5.41) is 6.22. The molecule has 3 N–H and O–H groups in total. The van der Waals surface area contributed by atoms with E-state index in [2.05, 4.69) is 38.2 Å². The molecule has 3 aromatic carbocycles. The first-order valence-corrected chi connectivity index (χ1v) is 11.8. The minimum absolute atomic E-state index is 0.133. The van der Waals surface area contributed by atoms with Crippen LogP contribution in [0.3, 0.4) is 0 Å². The van der Waals surface area contributed by atoms with Crippen LogP contribution in [0, 0.1) is 9.39 Å². The lowest BCUT2D eigenvalue weighted by Gasteiger charge is -2.18. The highest BCUT2D eigenvalue weighted by molar-refractivity contribution is 14.1. The Morgan fingerprint density at radius 1 is 1.00 bits per heavy atom. The Bertz CT molecular complexity index is 1370. The van der Waals surface area contributed by atoms with Crippen LogP contribution in [0.1, 0.15) is 15.9 Å². The molecule has 0 aliphatic rings. The molecule has 9 heteroatoms. The van der Waals surface area contributed by atoms with Gasteiger partial charge in [-0.3, -0.25) is 9.59 Å². The molecular formula is C26H21FIN3O4. The molecule has 178 valence electrons. The van der Waals surface area contributed by atoms with E-state index in [0.29, 0.717) is 5.69 Å². The van der Waals surface area contributed by atoms with Crippen LogP contribution in [0.25, 0.3) is 10.9 Å². The second-order valence-electron chi connectivity index (χ2n) is 7.76. The van der Waals surface area contributed by atoms with Gasteiger partial charge in [-0.15, -0.1) is 0 Å². The summed E-state index contributed by atoms with van der Waals surface area (Å²) in [7, 11) is 0. The Morgan fingerprint density at radius 3 is 2.54 bits per heavy atom. The van der Waals surface area contributed by atoms with E-state index < -0.39 is 36.2 Å². The minimum Gasteiger partial charge on any atom is -0.454 e. The normalized spacial score (nSPS) is 11.6. The van der Waals surface area contributed by atoms with Crippen molar-refractivity contribution in [2.45, 2.75) is 12.5 Å². The van der Waals surface area contributed by atoms with E-state index >= 15 is 0 Å². The van der Waals surface area contributed by atoms with Crippen LogP contribution in [0.15, 0.2) is 79.0 Å². The first-order chi connectivity index (χ1) is 16.9. The summed E-state index contributed by atoms with van der Waals surface area (Å²) in [6.07, 6.45) is 1.90. The Balaban J connectivity index is 1.47. The molecule has 0 bridgehead atoms. The highest BCUT2D eigenvalue weighted by Crippen LogP contribution is 2.20. The number of carbonyl (C=O) groups is 3. The van der Waals surface area contributed by atoms with E-state index in [1.807, 2.05) is 30.3 Å². The Morgan fingerprint density at radius 2 is 1.77 bits per heavy atom. The van der Waals surface area contributed by atoms with Gasteiger partial charge < -0.3 is 20.4 Å². The van der Waals surface area contributed by atoms with E-state index in [1.54, 1.807) is 24.4 Å². The number of benzene rings is 3. The number of nitrogens with one attached hydrogen (secondary N) is 3. The summed E-state index contributed by atoms with van der Waals surface area (Å²) in [5.41, 5.74) is 2.46. The fraction of sp³-hybridized carbons (Fsp3) is 0.115. The maximum atomic E-state index is 13.2. The van der Waals surface area contributed by atoms with Crippen molar-refractivity contribution in [1.29, 1.82) is 0 Å². The standard InChI is InChI=1S/C26H21FIN3O4/c27-18-10-8-16(9-11-18)25(33)31-23(12-17-14-29-22-7-2-1-6-21(17)22)26(34)35-15-24(32)30-20-5-3-4-19(28)13-20/h1-11,13-14,23,29H,12,15H2,(H,30,32)(H,31,33). The molecule has 1 aromatic heterocycles. The zero-order chi connectivity index (χ0) is 24.8. The molecule has 4 rings (SSSR count). The van der Waals surface area contributed by atoms with Gasteiger partial charge >= 0.3 is 5.97 Å². The molecule has 1 atom stereocenters. The van der Waals surface area contributed by atoms with E-state index in [4.69, 9.17) is 4.74 Å². The van der Waals surface area contributed by atoms with E-state index in [9.17, 15) is 18.8 Å². The molecule has 0 radical (unpaired) electrons. The van der Waals surface area contributed by atoms with Gasteiger partial charge in [-0.05, 0) is 76.7 Å². The summed E-state index contributed by atoms with van der Waals surface area (Å²) in [6.45, 7) is -0.513. The Labute approximate surface area is 214 Å². The number of fused-ring (bicyclic) bond motifs is 1. The van der Waals surface area contributed by atoms with Crippen LogP contribution in [0.4, 0.5) is 10.1 Å². The van der Waals surface area contributed by atoms with Gasteiger partial charge in [0.05, 0.1) is 0 Å². The van der Waals surface area contributed by atoms with Crippen molar-refractivity contribution in [3.8, 4) is 0 Å². The van der Waals surface area contributed by atoms with Crippen molar-refractivity contribution in [2.24, 2.45) is 0 Å². The third kappa shape index (κ3) is 6.44. The van der Waals surface area contributed by atoms with E-state index in [-0.39, 0.29) is 12.0 Å². The van der Waals surface area contributed by atoms with Gasteiger partial charge in [-0.25, -0.2) is 9.18 Å². The number of esters is 1. The van der Waals surface area contributed by atoms with Gasteiger partial charge in [-0.2, -0.15) is 0 Å². The topological polar surface area (TPSA) is 100 Å². The largest absolute Gasteiger partial charge is 0.454 e. The number of rotatable bonds is 8. The predicted octanol–water partition coefficient (Wildman–Crippen LogP) is 4.43. The fourth-order valence-electron chi connectivity index (χ4n) is 3.56. The molecule has 0 aliphatic heterocycles. The molecule has 1 heterocycles. The highest BCUT2D eigenvalue weighted by atomic mass is 127. The van der Waals surface area contributed by atoms with Gasteiger partial charge in [0.2, 0.25) is 0 Å². The van der Waals surface area contributed by atoms with Crippen molar-refractivity contribution in [3.05, 3.63) is 99.5 Å². The zero-order valence-corrected chi connectivity index (χ0v) is 20.5. The van der Waals surface area contributed by atoms with E-state index in [1.165, 1.54) is 12.1 Å². The molecule has 4 aromatic rings. The summed E-state index contributed by atoms with van der Waals surface area (Å²) >= 11 is 2.13. The molecule has 0 saturated carbocycles. The van der Waals surface area contributed by atoms with E-state index in [0.717, 1.165) is 32.2 Å². The number of aromatic amines is 1. The first kappa shape index (κ1) is 24.4. The van der Waals surface area contributed by atoms with Crippen LogP contribution >= 0.6 is 22.6 Å². The lowest BCUT2D eigenvalue weighted by atomic mass is 10.0. The number of amides is 2. The van der Waals surface area contributed by atoms with Gasteiger partial charge in [0, 0.05) is 38.3 Å². The fourth-order valence-corrected chi connectivity index (χ4v) is 4.10. The number of halogens is 2. The molecule has 0 fully saturated rings. The lowest BCUT2D eigenvalue weighted by Crippen LogP contribution is -2.44. The zero-order valence-electron chi connectivity index (χ0n) is 18.4. The van der Waals surface area contributed by atoms with Crippen molar-refractivity contribution in [3.63, 3.8) is 0 Å². The summed E-state index contributed by atoms with van der Waals surface area (Å²) in [4.78, 5) is 41.1. The monoisotopic (exact) mass is 585 g/mol. The smallest absolute Gasteiger partial charge is 0.329 e. The second-order valence-corrected chi connectivity index (χ2v) is 9.01. The summed E-state index contributed by atoms with van der Waals surface area (Å²) in [6, 6.07) is 18.7. The third-order valence-corrected chi connectivity index (χ3v) is 5.92. The molecule has 1 unspecified atom stereocenters. The lowest BCUT2D eigenvalue weighted by molar-refractivity contribution is -0.149. The number of H-pyrrole nitrogens is 1. The molecule has 7 nitrogen and oxygen atoms in total. The van der Waals surface area contributed by atoms with Crippen LogP contribution in [0.2, 0.25) is 0 Å². The Hall–Kier alpha value is -3.73. The average molecular weight is 585 g/mol.